The van der Waals surface area contributed by atoms with Crippen LogP contribution in [0.2, 0.25) is 0 Å². The second-order valence-corrected chi connectivity index (χ2v) is 4.62. The van der Waals surface area contributed by atoms with Crippen LogP contribution in [-0.4, -0.2) is 40.8 Å². The van der Waals surface area contributed by atoms with Gasteiger partial charge >= 0.3 is 5.97 Å². The van der Waals surface area contributed by atoms with Gasteiger partial charge in [0.05, 0.1) is 12.5 Å². The summed E-state index contributed by atoms with van der Waals surface area (Å²) in [5, 5.41) is 18.0. The Morgan fingerprint density at radius 2 is 2.06 bits per heavy atom. The lowest BCUT2D eigenvalue weighted by Crippen LogP contribution is -2.33. The summed E-state index contributed by atoms with van der Waals surface area (Å²) >= 11 is 0. The molecule has 0 spiro atoms. The molecule has 4 heteroatoms. The highest BCUT2D eigenvalue weighted by Crippen LogP contribution is 2.11. The van der Waals surface area contributed by atoms with Crippen molar-refractivity contribution >= 4 is 5.97 Å². The second-order valence-electron chi connectivity index (χ2n) is 4.62. The highest BCUT2D eigenvalue weighted by molar-refractivity contribution is 5.69. The van der Waals surface area contributed by atoms with Gasteiger partial charge in [-0.1, -0.05) is 31.2 Å². The van der Waals surface area contributed by atoms with Gasteiger partial charge in [0.25, 0.3) is 0 Å². The SMILES string of the molecule is Cc1ccccc1CN(CCO)CC(C)C(=O)O. The predicted octanol–water partition coefficient (Wildman–Crippen LogP) is 1.51. The maximum absolute atomic E-state index is 10.9. The van der Waals surface area contributed by atoms with E-state index in [1.807, 2.05) is 36.1 Å². The number of nitrogens with zero attached hydrogens (tertiary/aromatic N) is 1. The fourth-order valence-corrected chi connectivity index (χ4v) is 1.87. The van der Waals surface area contributed by atoms with E-state index in [0.29, 0.717) is 19.6 Å². The summed E-state index contributed by atoms with van der Waals surface area (Å²) in [5.41, 5.74) is 2.35. The van der Waals surface area contributed by atoms with Crippen molar-refractivity contribution in [3.05, 3.63) is 35.4 Å². The van der Waals surface area contributed by atoms with Crippen LogP contribution in [0.5, 0.6) is 0 Å². The molecular weight excluding hydrogens is 230 g/mol. The van der Waals surface area contributed by atoms with Gasteiger partial charge < -0.3 is 10.2 Å². The Labute approximate surface area is 108 Å². The molecule has 1 atom stereocenters. The zero-order chi connectivity index (χ0) is 13.5. The highest BCUT2D eigenvalue weighted by Gasteiger charge is 2.16. The lowest BCUT2D eigenvalue weighted by atomic mass is 10.1. The van der Waals surface area contributed by atoms with Crippen LogP contribution >= 0.6 is 0 Å². The van der Waals surface area contributed by atoms with Crippen LogP contribution < -0.4 is 0 Å². The number of carbonyl (C=O) groups is 1. The summed E-state index contributed by atoms with van der Waals surface area (Å²) in [6, 6.07) is 8.02. The Kier molecular flexibility index (Phi) is 5.82. The molecule has 0 aliphatic rings. The molecule has 1 unspecified atom stereocenters. The normalized spacial score (nSPS) is 12.7. The van der Waals surface area contributed by atoms with Crippen molar-refractivity contribution in [1.82, 2.24) is 4.90 Å². The molecule has 0 radical (unpaired) electrons. The lowest BCUT2D eigenvalue weighted by Gasteiger charge is -2.24. The predicted molar refractivity (Wildman–Crippen MR) is 70.3 cm³/mol. The molecule has 0 saturated heterocycles. The molecule has 1 rings (SSSR count). The summed E-state index contributed by atoms with van der Waals surface area (Å²) < 4.78 is 0. The van der Waals surface area contributed by atoms with Gasteiger partial charge in [0, 0.05) is 19.6 Å². The van der Waals surface area contributed by atoms with E-state index in [9.17, 15) is 4.79 Å². The fourth-order valence-electron chi connectivity index (χ4n) is 1.87. The molecule has 0 aromatic heterocycles. The number of carboxylic acid groups (broad SMARTS) is 1. The number of rotatable bonds is 7. The van der Waals surface area contributed by atoms with Crippen molar-refractivity contribution in [2.75, 3.05) is 19.7 Å². The van der Waals surface area contributed by atoms with Gasteiger partial charge in [-0.2, -0.15) is 0 Å². The first-order valence-electron chi connectivity index (χ1n) is 6.15. The third-order valence-electron chi connectivity index (χ3n) is 3.03. The zero-order valence-corrected chi connectivity index (χ0v) is 11.0. The minimum absolute atomic E-state index is 0.0399. The van der Waals surface area contributed by atoms with Crippen LogP contribution in [0.3, 0.4) is 0 Å². The Hall–Kier alpha value is -1.39. The van der Waals surface area contributed by atoms with Gasteiger partial charge in [0.2, 0.25) is 0 Å². The Bertz CT molecular complexity index is 392. The van der Waals surface area contributed by atoms with Crippen molar-refractivity contribution in [1.29, 1.82) is 0 Å². The van der Waals surface area contributed by atoms with E-state index in [4.69, 9.17) is 10.2 Å². The second kappa shape index (κ2) is 7.13. The van der Waals surface area contributed by atoms with Crippen LogP contribution in [0, 0.1) is 12.8 Å². The van der Waals surface area contributed by atoms with Crippen molar-refractivity contribution in [3.8, 4) is 0 Å². The van der Waals surface area contributed by atoms with Crippen molar-refractivity contribution in [2.45, 2.75) is 20.4 Å². The fraction of sp³-hybridized carbons (Fsp3) is 0.500. The topological polar surface area (TPSA) is 60.8 Å². The van der Waals surface area contributed by atoms with Crippen molar-refractivity contribution < 1.29 is 15.0 Å². The van der Waals surface area contributed by atoms with Gasteiger partial charge in [-0.05, 0) is 18.1 Å². The van der Waals surface area contributed by atoms with E-state index in [2.05, 4.69) is 0 Å². The molecule has 0 aliphatic heterocycles. The average Bonchev–Trinajstić information content (AvgIpc) is 2.32. The van der Waals surface area contributed by atoms with Crippen LogP contribution in [0.15, 0.2) is 24.3 Å². The standard InChI is InChI=1S/C14H21NO3/c1-11-5-3-4-6-13(11)10-15(7-8-16)9-12(2)14(17)18/h3-6,12,16H,7-10H2,1-2H3,(H,17,18). The molecule has 0 bridgehead atoms. The monoisotopic (exact) mass is 251 g/mol. The van der Waals surface area contributed by atoms with Gasteiger partial charge in [-0.15, -0.1) is 0 Å². The molecule has 0 aliphatic carbocycles. The molecule has 18 heavy (non-hydrogen) atoms. The molecule has 0 amide bonds. The third kappa shape index (κ3) is 4.47. The number of aliphatic hydroxyl groups excluding tert-OH is 1. The Morgan fingerprint density at radius 3 is 2.61 bits per heavy atom. The van der Waals surface area contributed by atoms with E-state index < -0.39 is 11.9 Å². The molecule has 100 valence electrons. The molecular formula is C14H21NO3. The molecule has 0 fully saturated rings. The van der Waals surface area contributed by atoms with E-state index in [1.54, 1.807) is 6.92 Å². The Balaban J connectivity index is 2.68. The summed E-state index contributed by atoms with van der Waals surface area (Å²) in [5.74, 6) is -1.23. The first kappa shape index (κ1) is 14.7. The van der Waals surface area contributed by atoms with Crippen LogP contribution in [0.25, 0.3) is 0 Å². The average molecular weight is 251 g/mol. The molecule has 2 N–H and O–H groups in total. The minimum Gasteiger partial charge on any atom is -0.481 e. The van der Waals surface area contributed by atoms with E-state index in [0.717, 1.165) is 0 Å². The zero-order valence-electron chi connectivity index (χ0n) is 11.0. The smallest absolute Gasteiger partial charge is 0.307 e. The van der Waals surface area contributed by atoms with Gasteiger partial charge in [0.1, 0.15) is 0 Å². The van der Waals surface area contributed by atoms with Gasteiger partial charge in [-0.3, -0.25) is 9.69 Å². The highest BCUT2D eigenvalue weighted by atomic mass is 16.4. The number of hydrogen-bond donors (Lipinski definition) is 2. The summed E-state index contributed by atoms with van der Waals surface area (Å²) in [7, 11) is 0. The van der Waals surface area contributed by atoms with Crippen LogP contribution in [0.4, 0.5) is 0 Å². The molecule has 1 aromatic rings. The molecule has 0 heterocycles. The first-order chi connectivity index (χ1) is 8.54. The number of hydrogen-bond acceptors (Lipinski definition) is 3. The maximum Gasteiger partial charge on any atom is 0.307 e. The quantitative estimate of drug-likeness (QED) is 0.771. The number of carboxylic acids is 1. The van der Waals surface area contributed by atoms with Gasteiger partial charge in [0.15, 0.2) is 0 Å². The van der Waals surface area contributed by atoms with Crippen LogP contribution in [-0.2, 0) is 11.3 Å². The van der Waals surface area contributed by atoms with E-state index in [1.165, 1.54) is 11.1 Å². The molecule has 0 saturated carbocycles. The summed E-state index contributed by atoms with van der Waals surface area (Å²) in [6.45, 7) is 5.37. The Morgan fingerprint density at radius 1 is 1.39 bits per heavy atom. The first-order valence-corrected chi connectivity index (χ1v) is 6.15. The lowest BCUT2D eigenvalue weighted by molar-refractivity contribution is -0.141. The number of benzene rings is 1. The van der Waals surface area contributed by atoms with Crippen molar-refractivity contribution in [2.24, 2.45) is 5.92 Å². The van der Waals surface area contributed by atoms with Crippen LogP contribution in [0.1, 0.15) is 18.1 Å². The number of aliphatic hydroxyl groups is 1. The molecule has 1 aromatic carbocycles. The summed E-state index contributed by atoms with van der Waals surface area (Å²) in [4.78, 5) is 12.8. The summed E-state index contributed by atoms with van der Waals surface area (Å²) in [6.07, 6.45) is 0. The largest absolute Gasteiger partial charge is 0.481 e. The number of aryl methyl sites for hydroxylation is 1. The van der Waals surface area contributed by atoms with E-state index >= 15 is 0 Å². The maximum atomic E-state index is 10.9. The third-order valence-corrected chi connectivity index (χ3v) is 3.03. The minimum atomic E-state index is -0.803. The van der Waals surface area contributed by atoms with Gasteiger partial charge in [-0.25, -0.2) is 0 Å². The van der Waals surface area contributed by atoms with Crippen molar-refractivity contribution in [3.63, 3.8) is 0 Å². The molecule has 4 nitrogen and oxygen atoms in total. The number of aliphatic carboxylic acids is 1. The van der Waals surface area contributed by atoms with E-state index in [-0.39, 0.29) is 6.61 Å².